The van der Waals surface area contributed by atoms with E-state index in [1.165, 1.54) is 12.1 Å². The highest BCUT2D eigenvalue weighted by Gasteiger charge is 2.45. The van der Waals surface area contributed by atoms with Crippen molar-refractivity contribution in [1.82, 2.24) is 24.8 Å². The van der Waals surface area contributed by atoms with Crippen LogP contribution in [-0.2, 0) is 11.2 Å². The molecule has 0 saturated carbocycles. The molecule has 2 atom stereocenters. The van der Waals surface area contributed by atoms with E-state index in [-0.39, 0.29) is 11.6 Å². The third-order valence-corrected chi connectivity index (χ3v) is 6.60. The Morgan fingerprint density at radius 2 is 2.09 bits per heavy atom. The van der Waals surface area contributed by atoms with Crippen LogP contribution in [0, 0.1) is 0 Å². The number of hydrogen-bond donors (Lipinski definition) is 1. The van der Waals surface area contributed by atoms with Crippen LogP contribution in [0.15, 0.2) is 36.5 Å². The molecule has 1 fully saturated rings. The molecule has 1 saturated heterocycles. The molecule has 1 aromatic carbocycles. The lowest BCUT2D eigenvalue weighted by molar-refractivity contribution is -0.175. The summed E-state index contributed by atoms with van der Waals surface area (Å²) in [5, 5.41) is 7.28. The molecule has 12 heteroatoms. The van der Waals surface area contributed by atoms with Gasteiger partial charge in [-0.3, -0.25) is 0 Å². The first-order valence-corrected chi connectivity index (χ1v) is 11.7. The summed E-state index contributed by atoms with van der Waals surface area (Å²) in [4.78, 5) is 19.7. The number of aryl methyl sites for hydroxylation is 1. The summed E-state index contributed by atoms with van der Waals surface area (Å²) in [5.41, 5.74) is 3.12. The van der Waals surface area contributed by atoms with E-state index in [2.05, 4.69) is 15.4 Å². The molecule has 2 aromatic heterocycles. The number of ether oxygens (including phenoxy) is 1. The van der Waals surface area contributed by atoms with Gasteiger partial charge in [-0.05, 0) is 37.0 Å². The second kappa shape index (κ2) is 9.19. The number of hydrogen-bond acceptors (Lipinski definition) is 5. The van der Waals surface area contributed by atoms with Crippen molar-refractivity contribution in [1.29, 1.82) is 0 Å². The highest BCUT2D eigenvalue weighted by molar-refractivity contribution is 6.29. The number of rotatable bonds is 4. The van der Waals surface area contributed by atoms with Crippen LogP contribution in [-0.4, -0.2) is 64.6 Å². The number of nitrogens with zero attached hydrogens (tertiary/aromatic N) is 5. The monoisotopic (exact) mass is 508 g/mol. The molecule has 1 N–H and O–H groups in total. The summed E-state index contributed by atoms with van der Waals surface area (Å²) in [6.07, 6.45) is -0.715. The number of anilines is 2. The Bertz CT molecular complexity index is 1230. The third-order valence-electron chi connectivity index (χ3n) is 6.41. The van der Waals surface area contributed by atoms with Crippen molar-refractivity contribution in [3.8, 4) is 0 Å². The Morgan fingerprint density at radius 1 is 1.31 bits per heavy atom. The minimum atomic E-state index is -4.65. The highest BCUT2D eigenvalue weighted by atomic mass is 35.5. The van der Waals surface area contributed by atoms with E-state index in [1.54, 1.807) is 28.9 Å². The van der Waals surface area contributed by atoms with Crippen molar-refractivity contribution >= 4 is 34.7 Å². The van der Waals surface area contributed by atoms with Gasteiger partial charge in [-0.15, -0.1) is 0 Å². The molecule has 35 heavy (non-hydrogen) atoms. The first-order valence-electron chi connectivity index (χ1n) is 11.3. The van der Waals surface area contributed by atoms with E-state index in [9.17, 15) is 18.0 Å². The summed E-state index contributed by atoms with van der Waals surface area (Å²) < 4.78 is 49.0. The number of alkyl halides is 3. The van der Waals surface area contributed by atoms with Gasteiger partial charge < -0.3 is 19.9 Å². The van der Waals surface area contributed by atoms with Gasteiger partial charge in [-0.25, -0.2) is 14.3 Å². The van der Waals surface area contributed by atoms with Crippen molar-refractivity contribution in [3.05, 3.63) is 52.9 Å². The van der Waals surface area contributed by atoms with Gasteiger partial charge in [0.1, 0.15) is 0 Å². The Hall–Kier alpha value is -3.05. The first-order chi connectivity index (χ1) is 16.7. The molecule has 2 aliphatic rings. The molecule has 5 rings (SSSR count). The summed E-state index contributed by atoms with van der Waals surface area (Å²) >= 11 is 6.04. The van der Waals surface area contributed by atoms with Crippen molar-refractivity contribution in [3.63, 3.8) is 0 Å². The van der Waals surface area contributed by atoms with Crippen LogP contribution in [0.3, 0.4) is 0 Å². The SMILES string of the molecule is CN(C(=O)N[C@@H]1CCOC1)[C@@H](c1ccc(N2CCCc3c2cnc2cc(Cl)nn32)cc1)C(F)(F)F. The molecular formula is C23H24ClF3N6O2. The summed E-state index contributed by atoms with van der Waals surface area (Å²) in [6, 6.07) is 4.64. The van der Waals surface area contributed by atoms with Gasteiger partial charge in [0, 0.05) is 32.0 Å². The van der Waals surface area contributed by atoms with Crippen LogP contribution in [0.5, 0.6) is 0 Å². The smallest absolute Gasteiger partial charge is 0.379 e. The molecule has 2 amide bonds. The van der Waals surface area contributed by atoms with Gasteiger partial charge >= 0.3 is 12.2 Å². The Labute approximate surface area is 204 Å². The molecule has 0 bridgehead atoms. The number of benzene rings is 1. The van der Waals surface area contributed by atoms with Gasteiger partial charge in [0.05, 0.1) is 30.2 Å². The molecule has 8 nitrogen and oxygen atoms in total. The number of carbonyl (C=O) groups excluding carboxylic acids is 1. The Morgan fingerprint density at radius 3 is 2.77 bits per heavy atom. The topological polar surface area (TPSA) is 75.0 Å². The van der Waals surface area contributed by atoms with Gasteiger partial charge in [-0.2, -0.15) is 18.3 Å². The van der Waals surface area contributed by atoms with E-state index < -0.39 is 18.2 Å². The van der Waals surface area contributed by atoms with Crippen LogP contribution >= 0.6 is 11.6 Å². The second-order valence-electron chi connectivity index (χ2n) is 8.74. The maximum absolute atomic E-state index is 14.0. The van der Waals surface area contributed by atoms with Gasteiger partial charge in [0.15, 0.2) is 16.8 Å². The largest absolute Gasteiger partial charge is 0.413 e. The predicted octanol–water partition coefficient (Wildman–Crippen LogP) is 4.50. The van der Waals surface area contributed by atoms with Gasteiger partial charge in [0.2, 0.25) is 0 Å². The molecule has 0 unspecified atom stereocenters. The van der Waals surface area contributed by atoms with Crippen LogP contribution < -0.4 is 10.2 Å². The zero-order valence-corrected chi connectivity index (χ0v) is 19.7. The number of fused-ring (bicyclic) bond motifs is 3. The normalized spacial score (nSPS) is 19.0. The number of nitrogens with one attached hydrogen (secondary N) is 1. The molecule has 0 spiro atoms. The fourth-order valence-electron chi connectivity index (χ4n) is 4.71. The molecular weight excluding hydrogens is 485 g/mol. The second-order valence-corrected chi connectivity index (χ2v) is 9.13. The maximum atomic E-state index is 14.0. The van der Waals surface area contributed by atoms with E-state index in [1.807, 2.05) is 4.90 Å². The van der Waals surface area contributed by atoms with Crippen molar-refractivity contribution < 1.29 is 22.7 Å². The lowest BCUT2D eigenvalue weighted by Crippen LogP contribution is -2.48. The van der Waals surface area contributed by atoms with E-state index in [4.69, 9.17) is 16.3 Å². The fourth-order valence-corrected chi connectivity index (χ4v) is 4.88. The zero-order chi connectivity index (χ0) is 24.7. The van der Waals surface area contributed by atoms with E-state index in [0.717, 1.165) is 37.0 Å². The summed E-state index contributed by atoms with van der Waals surface area (Å²) in [6.45, 7) is 1.46. The van der Waals surface area contributed by atoms with Gasteiger partial charge in [-0.1, -0.05) is 23.7 Å². The third kappa shape index (κ3) is 4.62. The average molecular weight is 509 g/mol. The zero-order valence-electron chi connectivity index (χ0n) is 18.9. The molecule has 0 aliphatic carbocycles. The summed E-state index contributed by atoms with van der Waals surface area (Å²) in [5.74, 6) is 0. The molecule has 0 radical (unpaired) electrons. The van der Waals surface area contributed by atoms with E-state index >= 15 is 0 Å². The summed E-state index contributed by atoms with van der Waals surface area (Å²) in [7, 11) is 1.16. The lowest BCUT2D eigenvalue weighted by atomic mass is 10.0. The molecule has 3 aromatic rings. The van der Waals surface area contributed by atoms with Crippen LogP contribution in [0.25, 0.3) is 5.65 Å². The predicted molar refractivity (Wildman–Crippen MR) is 124 cm³/mol. The Kier molecular flexibility index (Phi) is 6.22. The van der Waals surface area contributed by atoms with Crippen molar-refractivity contribution in [2.75, 3.05) is 31.7 Å². The minimum Gasteiger partial charge on any atom is -0.379 e. The lowest BCUT2D eigenvalue weighted by Gasteiger charge is -2.33. The minimum absolute atomic E-state index is 0.0220. The number of halogens is 4. The highest BCUT2D eigenvalue weighted by Crippen LogP contribution is 2.39. The Balaban J connectivity index is 1.41. The van der Waals surface area contributed by atoms with E-state index in [0.29, 0.717) is 41.9 Å². The van der Waals surface area contributed by atoms with Crippen molar-refractivity contribution in [2.45, 2.75) is 37.5 Å². The number of amides is 2. The fraction of sp³-hybridized carbons (Fsp3) is 0.435. The number of aromatic nitrogens is 3. The van der Waals surface area contributed by atoms with Gasteiger partial charge in [0.25, 0.3) is 0 Å². The number of carbonyl (C=O) groups is 1. The number of urea groups is 1. The molecule has 186 valence electrons. The maximum Gasteiger partial charge on any atom is 0.413 e. The van der Waals surface area contributed by atoms with Crippen molar-refractivity contribution in [2.24, 2.45) is 0 Å². The van der Waals surface area contributed by atoms with Crippen LogP contribution in [0.4, 0.5) is 29.3 Å². The molecule has 2 aliphatic heterocycles. The van der Waals surface area contributed by atoms with Crippen LogP contribution in [0.2, 0.25) is 5.15 Å². The molecule has 4 heterocycles. The standard InChI is InChI=1S/C23H24ClF3N6O2/c1-31(22(34)29-15-8-10-35-13-15)21(23(25,26)27)14-4-6-16(7-5-14)32-9-2-3-17-18(32)12-28-20-11-19(24)30-33(17)20/h4-7,11-12,15,21H,2-3,8-10,13H2,1H3,(H,29,34)/t15-,21+/m1/s1. The first kappa shape index (κ1) is 23.7. The quantitative estimate of drug-likeness (QED) is 0.561. The average Bonchev–Trinajstić information content (AvgIpc) is 3.47. The van der Waals surface area contributed by atoms with Crippen LogP contribution in [0.1, 0.15) is 30.1 Å².